The van der Waals surface area contributed by atoms with Gasteiger partial charge in [0, 0.05) is 48.0 Å². The summed E-state index contributed by atoms with van der Waals surface area (Å²) in [6.45, 7) is 2.90. The van der Waals surface area contributed by atoms with Gasteiger partial charge in [-0.3, -0.25) is 9.69 Å². The molecule has 0 fully saturated rings. The van der Waals surface area contributed by atoms with E-state index in [9.17, 15) is 9.90 Å². The number of rotatable bonds is 2. The number of fused-ring (bicyclic) bond motifs is 1. The smallest absolute Gasteiger partial charge is 0.223 e. The molecule has 1 aromatic carbocycles. The molecule has 2 aromatic rings. The molecule has 1 aromatic heterocycles. The van der Waals surface area contributed by atoms with Crippen molar-refractivity contribution in [3.05, 3.63) is 62.0 Å². The quantitative estimate of drug-likeness (QED) is 0.892. The number of nitrogens with zero attached hydrogens (tertiary/aromatic N) is 2. The lowest BCUT2D eigenvalue weighted by atomic mass is 10.1. The van der Waals surface area contributed by atoms with Crippen molar-refractivity contribution in [1.29, 1.82) is 0 Å². The molecule has 4 nitrogen and oxygen atoms in total. The van der Waals surface area contributed by atoms with Crippen LogP contribution in [0.1, 0.15) is 11.3 Å². The highest BCUT2D eigenvalue weighted by atomic mass is 35.5. The Bertz CT molecular complexity index is 746. The maximum Gasteiger partial charge on any atom is 0.223 e. The van der Waals surface area contributed by atoms with Crippen molar-refractivity contribution in [2.45, 2.75) is 19.6 Å². The van der Waals surface area contributed by atoms with Crippen LogP contribution in [0.5, 0.6) is 5.75 Å². The molecule has 0 aliphatic carbocycles. The van der Waals surface area contributed by atoms with Crippen LogP contribution in [0.15, 0.2) is 35.3 Å². The third kappa shape index (κ3) is 3.58. The van der Waals surface area contributed by atoms with Gasteiger partial charge in [-0.15, -0.1) is 12.4 Å². The summed E-state index contributed by atoms with van der Waals surface area (Å²) in [6, 6.07) is 6.97. The maximum atomic E-state index is 11.5. The molecule has 1 aliphatic rings. The zero-order valence-electron chi connectivity index (χ0n) is 11.6. The summed E-state index contributed by atoms with van der Waals surface area (Å²) in [5.74, 6) is -0.201. The van der Waals surface area contributed by atoms with E-state index in [0.29, 0.717) is 23.1 Å². The minimum absolute atomic E-state index is 0. The Morgan fingerprint density at radius 3 is 2.68 bits per heavy atom. The largest absolute Gasteiger partial charge is 0.503 e. The fraction of sp³-hybridized carbons (Fsp3) is 0.267. The topological polar surface area (TPSA) is 45.5 Å². The molecule has 0 atom stereocenters. The summed E-state index contributed by atoms with van der Waals surface area (Å²) in [4.78, 5) is 13.7. The van der Waals surface area contributed by atoms with Crippen LogP contribution in [0.3, 0.4) is 0 Å². The normalized spacial score (nSPS) is 14.3. The molecular formula is C15H15Cl3N2O2. The minimum atomic E-state index is -0.340. The monoisotopic (exact) mass is 360 g/mol. The molecule has 0 bridgehead atoms. The first-order chi connectivity index (χ1) is 10.0. The van der Waals surface area contributed by atoms with Crippen molar-refractivity contribution in [1.82, 2.24) is 9.47 Å². The van der Waals surface area contributed by atoms with Gasteiger partial charge in [0.1, 0.15) is 0 Å². The first kappa shape index (κ1) is 17.2. The van der Waals surface area contributed by atoms with E-state index in [1.807, 2.05) is 16.7 Å². The Morgan fingerprint density at radius 2 is 1.95 bits per heavy atom. The molecule has 118 valence electrons. The van der Waals surface area contributed by atoms with Gasteiger partial charge >= 0.3 is 0 Å². The van der Waals surface area contributed by atoms with Crippen molar-refractivity contribution in [3.63, 3.8) is 0 Å². The lowest BCUT2D eigenvalue weighted by Crippen LogP contribution is -2.34. The summed E-state index contributed by atoms with van der Waals surface area (Å²) in [6.07, 6.45) is 1.50. The molecule has 3 rings (SSSR count). The van der Waals surface area contributed by atoms with Crippen molar-refractivity contribution in [2.75, 3.05) is 6.54 Å². The van der Waals surface area contributed by atoms with Gasteiger partial charge in [-0.1, -0.05) is 29.3 Å². The second-order valence-corrected chi connectivity index (χ2v) is 6.00. The molecular weight excluding hydrogens is 347 g/mol. The molecule has 7 heteroatoms. The van der Waals surface area contributed by atoms with E-state index >= 15 is 0 Å². The molecule has 0 saturated heterocycles. The van der Waals surface area contributed by atoms with E-state index in [1.165, 1.54) is 12.3 Å². The van der Waals surface area contributed by atoms with Crippen molar-refractivity contribution >= 4 is 35.6 Å². The van der Waals surface area contributed by atoms with E-state index in [1.54, 1.807) is 6.07 Å². The van der Waals surface area contributed by atoms with Crippen LogP contribution in [0.4, 0.5) is 0 Å². The van der Waals surface area contributed by atoms with E-state index < -0.39 is 0 Å². The number of benzene rings is 1. The minimum Gasteiger partial charge on any atom is -0.503 e. The number of hydrogen-bond acceptors (Lipinski definition) is 3. The molecule has 1 aliphatic heterocycles. The van der Waals surface area contributed by atoms with Gasteiger partial charge in [0.05, 0.1) is 6.20 Å². The van der Waals surface area contributed by atoms with Crippen molar-refractivity contribution in [3.8, 4) is 5.75 Å². The van der Waals surface area contributed by atoms with E-state index in [2.05, 4.69) is 4.90 Å². The zero-order chi connectivity index (χ0) is 15.0. The third-order valence-electron chi connectivity index (χ3n) is 3.65. The summed E-state index contributed by atoms with van der Waals surface area (Å²) in [7, 11) is 0. The van der Waals surface area contributed by atoms with E-state index in [-0.39, 0.29) is 23.6 Å². The highest BCUT2D eigenvalue weighted by Gasteiger charge is 2.17. The number of pyridine rings is 1. The number of aromatic hydroxyl groups is 1. The Morgan fingerprint density at radius 1 is 1.18 bits per heavy atom. The first-order valence-corrected chi connectivity index (χ1v) is 7.37. The highest BCUT2D eigenvalue weighted by molar-refractivity contribution is 6.35. The first-order valence-electron chi connectivity index (χ1n) is 6.61. The van der Waals surface area contributed by atoms with Gasteiger partial charge in [0.15, 0.2) is 5.75 Å². The highest BCUT2D eigenvalue weighted by Crippen LogP contribution is 2.24. The predicted molar refractivity (Wildman–Crippen MR) is 90.2 cm³/mol. The van der Waals surface area contributed by atoms with Gasteiger partial charge < -0.3 is 9.67 Å². The fourth-order valence-electron chi connectivity index (χ4n) is 2.53. The van der Waals surface area contributed by atoms with Gasteiger partial charge in [-0.25, -0.2) is 0 Å². The Hall–Kier alpha value is -1.20. The SMILES string of the molecule is Cl.O=c1cc2n(cc1O)CCN(Cc1ccc(Cl)cc1Cl)C2. The molecule has 0 amide bonds. The molecule has 0 unspecified atom stereocenters. The Balaban J connectivity index is 0.00000176. The van der Waals surface area contributed by atoms with E-state index in [0.717, 1.165) is 24.3 Å². The lowest BCUT2D eigenvalue weighted by molar-refractivity contribution is 0.210. The van der Waals surface area contributed by atoms with Crippen LogP contribution in [-0.4, -0.2) is 21.1 Å². The summed E-state index contributed by atoms with van der Waals surface area (Å²) < 4.78 is 1.91. The number of hydrogen-bond donors (Lipinski definition) is 1. The average molecular weight is 362 g/mol. The Labute approximate surface area is 144 Å². The molecule has 0 radical (unpaired) electrons. The van der Waals surface area contributed by atoms with Gasteiger partial charge in [0.2, 0.25) is 5.43 Å². The summed E-state index contributed by atoms with van der Waals surface area (Å²) in [5, 5.41) is 10.7. The van der Waals surface area contributed by atoms with Crippen LogP contribution >= 0.6 is 35.6 Å². The fourth-order valence-corrected chi connectivity index (χ4v) is 3.00. The zero-order valence-corrected chi connectivity index (χ0v) is 14.0. The van der Waals surface area contributed by atoms with Crippen LogP contribution in [0.2, 0.25) is 10.0 Å². The maximum absolute atomic E-state index is 11.5. The van der Waals surface area contributed by atoms with Crippen molar-refractivity contribution in [2.24, 2.45) is 0 Å². The lowest BCUT2D eigenvalue weighted by Gasteiger charge is -2.30. The van der Waals surface area contributed by atoms with Crippen LogP contribution < -0.4 is 5.43 Å². The summed E-state index contributed by atoms with van der Waals surface area (Å²) >= 11 is 12.1. The molecule has 2 heterocycles. The van der Waals surface area contributed by atoms with Gasteiger partial charge in [-0.05, 0) is 17.7 Å². The van der Waals surface area contributed by atoms with Crippen molar-refractivity contribution < 1.29 is 5.11 Å². The summed E-state index contributed by atoms with van der Waals surface area (Å²) in [5.41, 5.74) is 1.57. The molecule has 0 saturated carbocycles. The molecule has 1 N–H and O–H groups in total. The standard InChI is InChI=1S/C15H14Cl2N2O2.ClH/c16-11-2-1-10(13(17)5-11)7-18-3-4-19-9-15(21)14(20)6-12(19)8-18;/h1-2,5-6,9,21H,3-4,7-8H2;1H. The predicted octanol–water partition coefficient (Wildman–Crippen LogP) is 3.30. The van der Waals surface area contributed by atoms with Gasteiger partial charge in [-0.2, -0.15) is 0 Å². The van der Waals surface area contributed by atoms with Crippen LogP contribution in [0, 0.1) is 0 Å². The van der Waals surface area contributed by atoms with Gasteiger partial charge in [0.25, 0.3) is 0 Å². The Kier molecular flexibility index (Phi) is 5.40. The average Bonchev–Trinajstić information content (AvgIpc) is 2.43. The number of halogens is 3. The second-order valence-electron chi connectivity index (χ2n) is 5.15. The third-order valence-corrected chi connectivity index (χ3v) is 4.24. The van der Waals surface area contributed by atoms with Crippen LogP contribution in [-0.2, 0) is 19.6 Å². The number of aromatic nitrogens is 1. The van der Waals surface area contributed by atoms with E-state index in [4.69, 9.17) is 23.2 Å². The van der Waals surface area contributed by atoms with Crippen LogP contribution in [0.25, 0.3) is 0 Å². The molecule has 22 heavy (non-hydrogen) atoms. The second kappa shape index (κ2) is 6.92. The molecule has 0 spiro atoms.